The Morgan fingerprint density at radius 3 is 1.33 bits per heavy atom. The van der Waals surface area contributed by atoms with Crippen molar-refractivity contribution < 1.29 is 20.0 Å². The Kier molecular flexibility index (Phi) is 8.43. The number of ketones is 2. The lowest BCUT2D eigenvalue weighted by molar-refractivity contribution is -0.112. The Morgan fingerprint density at radius 2 is 1.11 bits per heavy atom. The van der Waals surface area contributed by atoms with Crippen LogP contribution in [0.15, 0.2) is 10.3 Å². The summed E-state index contributed by atoms with van der Waals surface area (Å²) in [5.41, 5.74) is 0.382. The van der Waals surface area contributed by atoms with Crippen LogP contribution in [0.3, 0.4) is 0 Å². The molecular formula is C12H20N2O4. The molecule has 0 spiro atoms. The quantitative estimate of drug-likeness (QED) is 0.286. The van der Waals surface area contributed by atoms with E-state index < -0.39 is 0 Å². The SMILES string of the molecule is CC(=O)C(CCCCCCC(=NO)C(C)=O)=NO. The Labute approximate surface area is 106 Å². The lowest BCUT2D eigenvalue weighted by atomic mass is 10.0. The summed E-state index contributed by atoms with van der Waals surface area (Å²) in [4.78, 5) is 21.9. The van der Waals surface area contributed by atoms with Crippen LogP contribution < -0.4 is 0 Å². The van der Waals surface area contributed by atoms with Gasteiger partial charge in [-0.15, -0.1) is 0 Å². The van der Waals surface area contributed by atoms with Gasteiger partial charge in [0.25, 0.3) is 0 Å². The normalized spacial score (nSPS) is 12.6. The standard InChI is InChI=1S/C12H20N2O4/c1-9(15)11(13-17)7-5-3-4-6-8-12(14-18)10(2)16/h17-18H,3-8H2,1-2H3. The van der Waals surface area contributed by atoms with Crippen LogP contribution in [0, 0.1) is 0 Å². The molecule has 0 radical (unpaired) electrons. The molecule has 0 aromatic carbocycles. The van der Waals surface area contributed by atoms with Gasteiger partial charge in [0.2, 0.25) is 0 Å². The van der Waals surface area contributed by atoms with Crippen molar-refractivity contribution in [3.8, 4) is 0 Å². The Balaban J connectivity index is 3.70. The summed E-state index contributed by atoms with van der Waals surface area (Å²) in [5.74, 6) is -0.437. The van der Waals surface area contributed by atoms with Crippen molar-refractivity contribution in [2.75, 3.05) is 0 Å². The number of carbonyl (C=O) groups is 2. The second kappa shape index (κ2) is 9.32. The number of hydrogen-bond acceptors (Lipinski definition) is 6. The summed E-state index contributed by atoms with van der Waals surface area (Å²) in [7, 11) is 0. The maximum atomic E-state index is 10.9. The molecule has 0 aromatic rings. The van der Waals surface area contributed by atoms with Gasteiger partial charge in [-0.25, -0.2) is 0 Å². The van der Waals surface area contributed by atoms with Crippen molar-refractivity contribution in [3.05, 3.63) is 0 Å². The highest BCUT2D eigenvalue weighted by Crippen LogP contribution is 2.08. The summed E-state index contributed by atoms with van der Waals surface area (Å²) in [6.07, 6.45) is 4.15. The molecule has 0 saturated carbocycles. The van der Waals surface area contributed by atoms with Crippen molar-refractivity contribution in [3.63, 3.8) is 0 Å². The lowest BCUT2D eigenvalue weighted by Gasteiger charge is -2.02. The van der Waals surface area contributed by atoms with Gasteiger partial charge in [0.15, 0.2) is 11.6 Å². The molecular weight excluding hydrogens is 236 g/mol. The van der Waals surface area contributed by atoms with Crippen molar-refractivity contribution in [1.82, 2.24) is 0 Å². The number of carbonyl (C=O) groups excluding carboxylic acids is 2. The van der Waals surface area contributed by atoms with Gasteiger partial charge in [0.05, 0.1) is 0 Å². The van der Waals surface area contributed by atoms with Crippen LogP contribution >= 0.6 is 0 Å². The largest absolute Gasteiger partial charge is 0.411 e. The van der Waals surface area contributed by atoms with Crippen molar-refractivity contribution in [1.29, 1.82) is 0 Å². The fraction of sp³-hybridized carbons (Fsp3) is 0.667. The van der Waals surface area contributed by atoms with Gasteiger partial charge in [0.1, 0.15) is 11.4 Å². The lowest BCUT2D eigenvalue weighted by Crippen LogP contribution is -2.10. The highest BCUT2D eigenvalue weighted by Gasteiger charge is 2.07. The third-order valence-electron chi connectivity index (χ3n) is 2.63. The van der Waals surface area contributed by atoms with Gasteiger partial charge in [-0.2, -0.15) is 0 Å². The average Bonchev–Trinajstić information content (AvgIpc) is 2.32. The minimum absolute atomic E-state index is 0.191. The van der Waals surface area contributed by atoms with E-state index in [1.165, 1.54) is 13.8 Å². The van der Waals surface area contributed by atoms with Crippen molar-refractivity contribution >= 4 is 23.0 Å². The van der Waals surface area contributed by atoms with E-state index in [-0.39, 0.29) is 23.0 Å². The van der Waals surface area contributed by atoms with Crippen LogP contribution in [0.5, 0.6) is 0 Å². The molecule has 2 N–H and O–H groups in total. The second-order valence-electron chi connectivity index (χ2n) is 4.12. The fourth-order valence-electron chi connectivity index (χ4n) is 1.53. The number of oxime groups is 2. The summed E-state index contributed by atoms with van der Waals surface area (Å²) in [6.45, 7) is 2.73. The van der Waals surface area contributed by atoms with Crippen molar-refractivity contribution in [2.45, 2.75) is 52.4 Å². The first-order valence-corrected chi connectivity index (χ1v) is 5.96. The minimum Gasteiger partial charge on any atom is -0.411 e. The molecule has 18 heavy (non-hydrogen) atoms. The molecule has 6 nitrogen and oxygen atoms in total. The molecule has 0 saturated heterocycles. The monoisotopic (exact) mass is 256 g/mol. The number of hydrogen-bond donors (Lipinski definition) is 2. The number of rotatable bonds is 9. The van der Waals surface area contributed by atoms with E-state index in [4.69, 9.17) is 10.4 Å². The fourth-order valence-corrected chi connectivity index (χ4v) is 1.53. The van der Waals surface area contributed by atoms with E-state index in [1.807, 2.05) is 0 Å². The molecule has 0 aliphatic carbocycles. The predicted molar refractivity (Wildman–Crippen MR) is 67.5 cm³/mol. The van der Waals surface area contributed by atoms with E-state index in [9.17, 15) is 9.59 Å². The molecule has 6 heteroatoms. The predicted octanol–water partition coefficient (Wildman–Crippen LogP) is 2.17. The number of unbranched alkanes of at least 4 members (excludes halogenated alkanes) is 3. The zero-order valence-electron chi connectivity index (χ0n) is 10.8. The summed E-state index contributed by atoms with van der Waals surface area (Å²) in [5, 5.41) is 23.0. The maximum absolute atomic E-state index is 10.9. The number of Topliss-reactive ketones (excluding diaryl/α,β-unsaturated/α-hetero) is 2. The zero-order valence-corrected chi connectivity index (χ0v) is 10.8. The van der Waals surface area contributed by atoms with E-state index >= 15 is 0 Å². The molecule has 0 unspecified atom stereocenters. The molecule has 0 heterocycles. The molecule has 0 aromatic heterocycles. The first-order valence-electron chi connectivity index (χ1n) is 5.96. The molecule has 0 rings (SSSR count). The zero-order chi connectivity index (χ0) is 14.0. The van der Waals surface area contributed by atoms with Crippen molar-refractivity contribution in [2.24, 2.45) is 10.3 Å². The van der Waals surface area contributed by atoms with E-state index in [1.54, 1.807) is 0 Å². The van der Waals surface area contributed by atoms with Gasteiger partial charge >= 0.3 is 0 Å². The Hall–Kier alpha value is -1.72. The van der Waals surface area contributed by atoms with Gasteiger partial charge in [-0.1, -0.05) is 23.2 Å². The first kappa shape index (κ1) is 16.3. The highest BCUT2D eigenvalue weighted by atomic mass is 16.4. The molecule has 0 aliphatic heterocycles. The third kappa shape index (κ3) is 6.78. The molecule has 0 atom stereocenters. The van der Waals surface area contributed by atoms with Crippen LogP contribution in [0.1, 0.15) is 52.4 Å². The molecule has 0 bridgehead atoms. The second-order valence-corrected chi connectivity index (χ2v) is 4.12. The number of nitrogens with zero attached hydrogens (tertiary/aromatic N) is 2. The van der Waals surface area contributed by atoms with Crippen LogP contribution in [0.25, 0.3) is 0 Å². The average molecular weight is 256 g/mol. The van der Waals surface area contributed by atoms with Crippen LogP contribution in [0.2, 0.25) is 0 Å². The van der Waals surface area contributed by atoms with Gasteiger partial charge in [0, 0.05) is 13.8 Å². The molecule has 0 fully saturated rings. The molecule has 0 amide bonds. The molecule has 0 aliphatic rings. The summed E-state index contributed by atoms with van der Waals surface area (Å²) in [6, 6.07) is 0. The van der Waals surface area contributed by atoms with E-state index in [0.29, 0.717) is 12.8 Å². The highest BCUT2D eigenvalue weighted by molar-refractivity contribution is 6.39. The first-order chi connectivity index (χ1) is 8.52. The van der Waals surface area contributed by atoms with Crippen LogP contribution in [-0.2, 0) is 9.59 Å². The van der Waals surface area contributed by atoms with Gasteiger partial charge in [-0.05, 0) is 25.7 Å². The van der Waals surface area contributed by atoms with Gasteiger partial charge in [-0.3, -0.25) is 9.59 Å². The Morgan fingerprint density at radius 1 is 0.778 bits per heavy atom. The third-order valence-corrected chi connectivity index (χ3v) is 2.63. The minimum atomic E-state index is -0.219. The molecule has 102 valence electrons. The maximum Gasteiger partial charge on any atom is 0.177 e. The van der Waals surface area contributed by atoms with Crippen LogP contribution in [0.4, 0.5) is 0 Å². The van der Waals surface area contributed by atoms with Gasteiger partial charge < -0.3 is 10.4 Å². The smallest absolute Gasteiger partial charge is 0.177 e. The summed E-state index contributed by atoms with van der Waals surface area (Å²) >= 11 is 0. The summed E-state index contributed by atoms with van der Waals surface area (Å²) < 4.78 is 0. The van der Waals surface area contributed by atoms with E-state index in [2.05, 4.69) is 10.3 Å². The van der Waals surface area contributed by atoms with Crippen LogP contribution in [-0.4, -0.2) is 33.4 Å². The van der Waals surface area contributed by atoms with E-state index in [0.717, 1.165) is 25.7 Å². The Bertz CT molecular complexity index is 314. The topological polar surface area (TPSA) is 99.3 Å².